The van der Waals surface area contributed by atoms with Crippen LogP contribution in [0.2, 0.25) is 0 Å². The number of fused-ring (bicyclic) bond motifs is 1. The zero-order valence-corrected chi connectivity index (χ0v) is 14.0. The summed E-state index contributed by atoms with van der Waals surface area (Å²) in [5, 5.41) is 3.81. The van der Waals surface area contributed by atoms with Crippen molar-refractivity contribution < 1.29 is 4.79 Å². The van der Waals surface area contributed by atoms with Crippen LogP contribution in [0.4, 0.5) is 0 Å². The highest BCUT2D eigenvalue weighted by Crippen LogP contribution is 2.18. The van der Waals surface area contributed by atoms with Gasteiger partial charge in [-0.2, -0.15) is 0 Å². The number of carbonyl (C=O) groups excluding carboxylic acids is 1. The maximum Gasteiger partial charge on any atom is 0.252 e. The Balaban J connectivity index is 0.00000200. The van der Waals surface area contributed by atoms with Crippen molar-refractivity contribution in [1.82, 2.24) is 10.3 Å². The number of aryl methyl sites for hydroxylation is 1. The minimum Gasteiger partial charge on any atom is -0.346 e. The van der Waals surface area contributed by atoms with E-state index < -0.39 is 5.54 Å². The molecule has 116 valence electrons. The Labute approximate surface area is 137 Å². The fraction of sp³-hybridized carbons (Fsp3) is 0.333. The molecule has 1 aromatic heterocycles. The van der Waals surface area contributed by atoms with Crippen molar-refractivity contribution in [3.05, 3.63) is 41.6 Å². The van der Waals surface area contributed by atoms with Gasteiger partial charge in [-0.25, -0.2) is 0 Å². The first-order valence-electron chi connectivity index (χ1n) is 6.32. The largest absolute Gasteiger partial charge is 0.346 e. The average molecular weight is 330 g/mol. The summed E-state index contributed by atoms with van der Waals surface area (Å²) in [5.74, 6) is -0.114. The van der Waals surface area contributed by atoms with Crippen LogP contribution in [0.1, 0.15) is 29.9 Å². The zero-order valence-electron chi connectivity index (χ0n) is 12.3. The first kappa shape index (κ1) is 19.6. The highest BCUT2D eigenvalue weighted by molar-refractivity contribution is 6.06. The predicted octanol–water partition coefficient (Wildman–Crippen LogP) is 2.85. The molecule has 0 spiro atoms. The Morgan fingerprint density at radius 1 is 1.29 bits per heavy atom. The minimum atomic E-state index is -0.421. The Morgan fingerprint density at radius 2 is 1.90 bits per heavy atom. The third-order valence-corrected chi connectivity index (χ3v) is 3.05. The number of para-hydroxylation sites is 1. The first-order chi connectivity index (χ1) is 8.93. The molecule has 2 aromatic rings. The normalized spacial score (nSPS) is 10.5. The second-order valence-corrected chi connectivity index (χ2v) is 5.37. The van der Waals surface area contributed by atoms with Gasteiger partial charge in [0.25, 0.3) is 5.91 Å². The number of amides is 1. The lowest BCUT2D eigenvalue weighted by Crippen LogP contribution is -2.48. The van der Waals surface area contributed by atoms with E-state index in [2.05, 4.69) is 10.3 Å². The Bertz CT molecular complexity index is 629. The molecule has 1 amide bonds. The van der Waals surface area contributed by atoms with Crippen LogP contribution < -0.4 is 11.1 Å². The Kier molecular flexibility index (Phi) is 7.10. The monoisotopic (exact) mass is 329 g/mol. The molecule has 0 unspecified atom stereocenters. The molecule has 0 aliphatic carbocycles. The number of carbonyl (C=O) groups is 1. The van der Waals surface area contributed by atoms with Crippen LogP contribution in [-0.4, -0.2) is 23.0 Å². The van der Waals surface area contributed by atoms with Gasteiger partial charge in [0.15, 0.2) is 0 Å². The van der Waals surface area contributed by atoms with Gasteiger partial charge >= 0.3 is 0 Å². The number of nitrogens with zero attached hydrogens (tertiary/aromatic N) is 1. The van der Waals surface area contributed by atoms with E-state index in [0.717, 1.165) is 16.6 Å². The molecule has 0 fully saturated rings. The summed E-state index contributed by atoms with van der Waals surface area (Å²) in [7, 11) is 0. The summed E-state index contributed by atoms with van der Waals surface area (Å²) >= 11 is 0. The van der Waals surface area contributed by atoms with Crippen LogP contribution in [-0.2, 0) is 0 Å². The van der Waals surface area contributed by atoms with Crippen molar-refractivity contribution >= 4 is 41.6 Å². The van der Waals surface area contributed by atoms with Gasteiger partial charge in [0.2, 0.25) is 0 Å². The molecule has 6 heteroatoms. The molecule has 0 atom stereocenters. The number of halogens is 2. The van der Waals surface area contributed by atoms with Crippen LogP contribution in [0.5, 0.6) is 0 Å². The summed E-state index contributed by atoms with van der Waals surface area (Å²) < 4.78 is 0. The van der Waals surface area contributed by atoms with E-state index in [9.17, 15) is 4.79 Å². The molecule has 21 heavy (non-hydrogen) atoms. The van der Waals surface area contributed by atoms with Crippen molar-refractivity contribution in [2.45, 2.75) is 26.3 Å². The van der Waals surface area contributed by atoms with Crippen molar-refractivity contribution in [2.24, 2.45) is 5.73 Å². The lowest BCUT2D eigenvalue weighted by atomic mass is 10.0. The number of nitrogens with one attached hydrogen (secondary N) is 1. The van der Waals surface area contributed by atoms with Gasteiger partial charge in [-0.15, -0.1) is 24.8 Å². The lowest BCUT2D eigenvalue weighted by molar-refractivity contribution is 0.0917. The zero-order chi connectivity index (χ0) is 14.0. The third-order valence-electron chi connectivity index (χ3n) is 3.05. The molecule has 0 saturated heterocycles. The van der Waals surface area contributed by atoms with Crippen molar-refractivity contribution in [3.63, 3.8) is 0 Å². The van der Waals surface area contributed by atoms with Crippen LogP contribution in [0, 0.1) is 6.92 Å². The lowest BCUT2D eigenvalue weighted by Gasteiger charge is -2.24. The molecule has 2 rings (SSSR count). The molecule has 0 bridgehead atoms. The quantitative estimate of drug-likeness (QED) is 0.909. The van der Waals surface area contributed by atoms with E-state index in [4.69, 9.17) is 5.73 Å². The van der Waals surface area contributed by atoms with Crippen LogP contribution >= 0.6 is 24.8 Å². The number of nitrogens with two attached hydrogens (primary N) is 1. The molecule has 0 radical (unpaired) electrons. The van der Waals surface area contributed by atoms with E-state index in [1.165, 1.54) is 0 Å². The first-order valence-corrected chi connectivity index (χ1v) is 6.32. The fourth-order valence-electron chi connectivity index (χ4n) is 1.92. The van der Waals surface area contributed by atoms with Crippen LogP contribution in [0.15, 0.2) is 30.3 Å². The second kappa shape index (κ2) is 7.59. The molecule has 1 heterocycles. The molecular formula is C15H21Cl2N3O. The van der Waals surface area contributed by atoms with E-state index in [0.29, 0.717) is 12.1 Å². The van der Waals surface area contributed by atoms with Crippen molar-refractivity contribution in [2.75, 3.05) is 6.54 Å². The topological polar surface area (TPSA) is 68.0 Å². The van der Waals surface area contributed by atoms with Gasteiger partial charge in [0.05, 0.1) is 11.1 Å². The maximum absolute atomic E-state index is 12.4. The second-order valence-electron chi connectivity index (χ2n) is 5.37. The molecular weight excluding hydrogens is 309 g/mol. The van der Waals surface area contributed by atoms with Crippen LogP contribution in [0.25, 0.3) is 10.9 Å². The molecule has 0 saturated carbocycles. The van der Waals surface area contributed by atoms with Gasteiger partial charge < -0.3 is 11.1 Å². The molecule has 3 N–H and O–H groups in total. The standard InChI is InChI=1S/C15H19N3O.2ClH/c1-10-8-12(14(19)18-15(2,3)9-16)11-6-4-5-7-13(11)17-10;;/h4-8H,9,16H2,1-3H3,(H,18,19);2*1H. The number of hydrogen-bond donors (Lipinski definition) is 2. The predicted molar refractivity (Wildman–Crippen MR) is 91.6 cm³/mol. The molecule has 1 aromatic carbocycles. The SMILES string of the molecule is Cc1cc(C(=O)NC(C)(C)CN)c2ccccc2n1.Cl.Cl. The third kappa shape index (κ3) is 4.56. The fourth-order valence-corrected chi connectivity index (χ4v) is 1.92. The smallest absolute Gasteiger partial charge is 0.252 e. The molecule has 0 aliphatic rings. The highest BCUT2D eigenvalue weighted by atomic mass is 35.5. The molecule has 4 nitrogen and oxygen atoms in total. The summed E-state index contributed by atoms with van der Waals surface area (Å²) in [6, 6.07) is 9.45. The Hall–Kier alpha value is -1.36. The maximum atomic E-state index is 12.4. The van der Waals surface area contributed by atoms with Gasteiger partial charge in [0, 0.05) is 23.2 Å². The average Bonchev–Trinajstić information content (AvgIpc) is 2.37. The van der Waals surface area contributed by atoms with Crippen molar-refractivity contribution in [1.29, 1.82) is 0 Å². The Morgan fingerprint density at radius 3 is 2.52 bits per heavy atom. The number of rotatable bonds is 3. The summed E-state index contributed by atoms with van der Waals surface area (Å²) in [6.45, 7) is 6.08. The van der Waals surface area contributed by atoms with Gasteiger partial charge in [-0.05, 0) is 32.9 Å². The van der Waals surface area contributed by atoms with Gasteiger partial charge in [-0.1, -0.05) is 18.2 Å². The minimum absolute atomic E-state index is 0. The van der Waals surface area contributed by atoms with E-state index in [-0.39, 0.29) is 30.7 Å². The van der Waals surface area contributed by atoms with Crippen molar-refractivity contribution in [3.8, 4) is 0 Å². The number of aromatic nitrogens is 1. The molecule has 0 aliphatic heterocycles. The van der Waals surface area contributed by atoms with Gasteiger partial charge in [0.1, 0.15) is 0 Å². The highest BCUT2D eigenvalue weighted by Gasteiger charge is 2.20. The number of pyridine rings is 1. The van der Waals surface area contributed by atoms with Crippen LogP contribution in [0.3, 0.4) is 0 Å². The number of benzene rings is 1. The summed E-state index contributed by atoms with van der Waals surface area (Å²) in [5.41, 5.74) is 7.53. The summed E-state index contributed by atoms with van der Waals surface area (Å²) in [6.07, 6.45) is 0. The summed E-state index contributed by atoms with van der Waals surface area (Å²) in [4.78, 5) is 16.8. The van der Waals surface area contributed by atoms with E-state index in [1.54, 1.807) is 0 Å². The number of hydrogen-bond acceptors (Lipinski definition) is 3. The van der Waals surface area contributed by atoms with Gasteiger partial charge in [-0.3, -0.25) is 9.78 Å². The van der Waals surface area contributed by atoms with E-state index >= 15 is 0 Å². The van der Waals surface area contributed by atoms with E-state index in [1.807, 2.05) is 51.1 Å².